The van der Waals surface area contributed by atoms with Crippen molar-refractivity contribution in [3.05, 3.63) is 63.2 Å². The molecule has 34 heavy (non-hydrogen) atoms. The number of benzene rings is 2. The Kier molecular flexibility index (Phi) is 7.67. The van der Waals surface area contributed by atoms with E-state index in [1.165, 1.54) is 31.0 Å². The summed E-state index contributed by atoms with van der Waals surface area (Å²) < 4.78 is 5.65. The molecular formula is C25H28ClN3O5. The zero-order valence-corrected chi connectivity index (χ0v) is 19.7. The number of nitro groups is 1. The minimum atomic E-state index is -0.555. The molecule has 0 spiro atoms. The molecule has 0 radical (unpaired) electrons. The summed E-state index contributed by atoms with van der Waals surface area (Å²) in [5.74, 6) is 0.595. The van der Waals surface area contributed by atoms with E-state index < -0.39 is 4.92 Å². The first kappa shape index (κ1) is 24.0. The Morgan fingerprint density at radius 2 is 1.56 bits per heavy atom. The second-order valence-corrected chi connectivity index (χ2v) is 9.24. The van der Waals surface area contributed by atoms with Gasteiger partial charge in [-0.1, -0.05) is 24.4 Å². The molecule has 0 bridgehead atoms. The third-order valence-corrected chi connectivity index (χ3v) is 6.73. The first-order valence-electron chi connectivity index (χ1n) is 11.7. The molecule has 2 fully saturated rings. The van der Waals surface area contributed by atoms with Crippen LogP contribution in [-0.2, 0) is 4.79 Å². The highest BCUT2D eigenvalue weighted by atomic mass is 35.5. The maximum atomic E-state index is 13.0. The average Bonchev–Trinajstić information content (AvgIpc) is 3.14. The molecule has 0 atom stereocenters. The lowest BCUT2D eigenvalue weighted by molar-refractivity contribution is -0.385. The van der Waals surface area contributed by atoms with Crippen molar-refractivity contribution < 1.29 is 19.2 Å². The molecule has 2 aliphatic heterocycles. The summed E-state index contributed by atoms with van der Waals surface area (Å²) in [4.78, 5) is 40.3. The third-order valence-electron chi connectivity index (χ3n) is 6.50. The van der Waals surface area contributed by atoms with E-state index >= 15 is 0 Å². The number of halogens is 1. The predicted octanol–water partition coefficient (Wildman–Crippen LogP) is 5.30. The van der Waals surface area contributed by atoms with Gasteiger partial charge in [-0.25, -0.2) is 0 Å². The molecule has 2 aromatic rings. The highest BCUT2D eigenvalue weighted by Crippen LogP contribution is 2.33. The van der Waals surface area contributed by atoms with Gasteiger partial charge in [-0.15, -0.1) is 0 Å². The van der Waals surface area contributed by atoms with E-state index in [4.69, 9.17) is 16.3 Å². The summed E-state index contributed by atoms with van der Waals surface area (Å²) in [5.41, 5.74) is 0.278. The van der Waals surface area contributed by atoms with E-state index in [0.29, 0.717) is 37.2 Å². The number of carbonyl (C=O) groups excluding carboxylic acids is 2. The number of rotatable bonds is 5. The van der Waals surface area contributed by atoms with Crippen LogP contribution in [0, 0.1) is 16.0 Å². The number of hydrogen-bond acceptors (Lipinski definition) is 5. The van der Waals surface area contributed by atoms with Gasteiger partial charge in [0.05, 0.1) is 4.92 Å². The normalized spacial score (nSPS) is 17.2. The first-order valence-corrected chi connectivity index (χ1v) is 12.1. The van der Waals surface area contributed by atoms with Crippen LogP contribution in [0.1, 0.15) is 48.9 Å². The number of piperidine rings is 1. The quantitative estimate of drug-likeness (QED) is 0.423. The monoisotopic (exact) mass is 485 g/mol. The smallest absolute Gasteiger partial charge is 0.313 e. The number of ether oxygens (including phenoxy) is 1. The largest absolute Gasteiger partial charge is 0.450 e. The molecule has 2 amide bonds. The molecule has 2 aromatic carbocycles. The summed E-state index contributed by atoms with van der Waals surface area (Å²) in [6.45, 7) is 2.81. The maximum absolute atomic E-state index is 13.0. The molecule has 2 saturated heterocycles. The van der Waals surface area contributed by atoms with Gasteiger partial charge >= 0.3 is 5.69 Å². The summed E-state index contributed by atoms with van der Waals surface area (Å²) in [7, 11) is 0. The van der Waals surface area contributed by atoms with Gasteiger partial charge in [0.25, 0.3) is 5.91 Å². The fraction of sp³-hybridized carbons (Fsp3) is 0.440. The summed E-state index contributed by atoms with van der Waals surface area (Å²) in [6.07, 6.45) is 5.90. The Morgan fingerprint density at radius 3 is 2.18 bits per heavy atom. The zero-order valence-electron chi connectivity index (χ0n) is 19.0. The van der Waals surface area contributed by atoms with Crippen molar-refractivity contribution in [3.63, 3.8) is 0 Å². The lowest BCUT2D eigenvalue weighted by atomic mass is 9.94. The van der Waals surface area contributed by atoms with E-state index in [1.807, 2.05) is 4.90 Å². The van der Waals surface area contributed by atoms with E-state index in [-0.39, 0.29) is 34.2 Å². The second kappa shape index (κ2) is 10.9. The van der Waals surface area contributed by atoms with E-state index in [0.717, 1.165) is 25.9 Å². The van der Waals surface area contributed by atoms with Crippen LogP contribution >= 0.6 is 11.6 Å². The van der Waals surface area contributed by atoms with E-state index in [9.17, 15) is 19.7 Å². The fourth-order valence-corrected chi connectivity index (χ4v) is 4.74. The summed E-state index contributed by atoms with van der Waals surface area (Å²) >= 11 is 5.84. The molecule has 9 heteroatoms. The average molecular weight is 486 g/mol. The van der Waals surface area contributed by atoms with E-state index in [1.54, 1.807) is 29.2 Å². The molecule has 8 nitrogen and oxygen atoms in total. The van der Waals surface area contributed by atoms with Crippen molar-refractivity contribution >= 4 is 29.1 Å². The van der Waals surface area contributed by atoms with Crippen molar-refractivity contribution in [2.24, 2.45) is 5.92 Å². The van der Waals surface area contributed by atoms with Crippen LogP contribution in [0.5, 0.6) is 11.5 Å². The van der Waals surface area contributed by atoms with Crippen LogP contribution in [0.25, 0.3) is 0 Å². The van der Waals surface area contributed by atoms with Gasteiger partial charge in [-0.05, 0) is 62.1 Å². The molecule has 4 rings (SSSR count). The number of likely N-dealkylation sites (tertiary alicyclic amines) is 2. The zero-order chi connectivity index (χ0) is 24.1. The van der Waals surface area contributed by atoms with Crippen LogP contribution < -0.4 is 4.74 Å². The first-order chi connectivity index (χ1) is 16.4. The Hall–Kier alpha value is -3.13. The molecule has 0 N–H and O–H groups in total. The lowest BCUT2D eigenvalue weighted by Gasteiger charge is -2.34. The van der Waals surface area contributed by atoms with Gasteiger partial charge in [-0.2, -0.15) is 0 Å². The van der Waals surface area contributed by atoms with Crippen LogP contribution in [0.4, 0.5) is 5.69 Å². The van der Waals surface area contributed by atoms with Crippen LogP contribution in [0.15, 0.2) is 42.5 Å². The standard InChI is InChI=1S/C25H28ClN3O5/c26-20-7-10-23(22(17-20)29(32)33)34-21-8-5-18(6-9-21)24(30)28-15-11-19(12-16-28)25(31)27-13-3-1-2-4-14-27/h5-10,17,19H,1-4,11-16H2. The van der Waals surface area contributed by atoms with Crippen LogP contribution in [0.3, 0.4) is 0 Å². The highest BCUT2D eigenvalue weighted by Gasteiger charge is 2.30. The molecule has 0 saturated carbocycles. The molecule has 0 aliphatic carbocycles. The van der Waals surface area contributed by atoms with Crippen LogP contribution in [-0.4, -0.2) is 52.7 Å². The molecule has 0 unspecified atom stereocenters. The Bertz CT molecular complexity index is 1040. The third kappa shape index (κ3) is 5.67. The molecule has 0 aromatic heterocycles. The van der Waals surface area contributed by atoms with Gasteiger partial charge in [0.2, 0.25) is 11.7 Å². The number of hydrogen-bond donors (Lipinski definition) is 0. The minimum absolute atomic E-state index is 0.00640. The fourth-order valence-electron chi connectivity index (χ4n) is 4.57. The number of amides is 2. The van der Waals surface area contributed by atoms with E-state index in [2.05, 4.69) is 0 Å². The Balaban J connectivity index is 1.34. The van der Waals surface area contributed by atoms with Crippen molar-refractivity contribution in [1.29, 1.82) is 0 Å². The molecule has 2 heterocycles. The van der Waals surface area contributed by atoms with Gasteiger partial charge in [0, 0.05) is 48.7 Å². The lowest BCUT2D eigenvalue weighted by Crippen LogP contribution is -2.44. The van der Waals surface area contributed by atoms with Gasteiger partial charge < -0.3 is 14.5 Å². The summed E-state index contributed by atoms with van der Waals surface area (Å²) in [5, 5.41) is 11.5. The summed E-state index contributed by atoms with van der Waals surface area (Å²) in [6, 6.07) is 10.7. The van der Waals surface area contributed by atoms with Crippen LogP contribution in [0.2, 0.25) is 5.02 Å². The highest BCUT2D eigenvalue weighted by molar-refractivity contribution is 6.30. The minimum Gasteiger partial charge on any atom is -0.450 e. The Labute approximate surface area is 203 Å². The number of nitro benzene ring substituents is 1. The van der Waals surface area contributed by atoms with Gasteiger partial charge in [0.15, 0.2) is 0 Å². The van der Waals surface area contributed by atoms with Gasteiger partial charge in [-0.3, -0.25) is 19.7 Å². The topological polar surface area (TPSA) is 93.0 Å². The Morgan fingerprint density at radius 1 is 0.912 bits per heavy atom. The van der Waals surface area contributed by atoms with Gasteiger partial charge in [0.1, 0.15) is 5.75 Å². The molecule has 180 valence electrons. The number of nitrogens with zero attached hydrogens (tertiary/aromatic N) is 3. The maximum Gasteiger partial charge on any atom is 0.313 e. The van der Waals surface area contributed by atoms with Crippen molar-refractivity contribution in [1.82, 2.24) is 9.80 Å². The molecular weight excluding hydrogens is 458 g/mol. The SMILES string of the molecule is O=C(c1ccc(Oc2ccc(Cl)cc2[N+](=O)[O-])cc1)N1CCC(C(=O)N2CCCCCC2)CC1. The number of carbonyl (C=O) groups is 2. The predicted molar refractivity (Wildman–Crippen MR) is 128 cm³/mol. The molecule has 2 aliphatic rings. The second-order valence-electron chi connectivity index (χ2n) is 8.80. The van der Waals surface area contributed by atoms with Crippen molar-refractivity contribution in [2.75, 3.05) is 26.2 Å². The van der Waals surface area contributed by atoms with Crippen molar-refractivity contribution in [3.8, 4) is 11.5 Å². The van der Waals surface area contributed by atoms with Crippen molar-refractivity contribution in [2.45, 2.75) is 38.5 Å².